The van der Waals surface area contributed by atoms with E-state index in [2.05, 4.69) is 9.97 Å². The van der Waals surface area contributed by atoms with E-state index >= 15 is 0 Å². The molecule has 0 aliphatic rings. The Morgan fingerprint density at radius 3 is 2.66 bits per heavy atom. The molecule has 1 unspecified atom stereocenters. The first-order chi connectivity index (χ1) is 15.0. The van der Waals surface area contributed by atoms with Gasteiger partial charge in [0.25, 0.3) is 5.91 Å². The minimum atomic E-state index is -4.79. The van der Waals surface area contributed by atoms with Crippen LogP contribution in [0, 0.1) is 19.7 Å². The molecule has 0 aliphatic carbocycles. The molecule has 8 nitrogen and oxygen atoms in total. The maximum atomic E-state index is 13.8. The van der Waals surface area contributed by atoms with Crippen molar-refractivity contribution < 1.29 is 37.0 Å². The molecule has 0 saturated heterocycles. The average Bonchev–Trinajstić information content (AvgIpc) is 3.01. The van der Waals surface area contributed by atoms with Crippen LogP contribution in [-0.2, 0) is 11.4 Å². The number of hydrogen-bond donors (Lipinski definition) is 2. The zero-order valence-corrected chi connectivity index (χ0v) is 16.9. The quantitative estimate of drug-likeness (QED) is 0.531. The average molecular weight is 454 g/mol. The van der Waals surface area contributed by atoms with Crippen LogP contribution < -0.4 is 10.1 Å². The Morgan fingerprint density at radius 1 is 1.31 bits per heavy atom. The van der Waals surface area contributed by atoms with Crippen molar-refractivity contribution in [2.45, 2.75) is 39.1 Å². The van der Waals surface area contributed by atoms with Gasteiger partial charge in [-0.15, -0.1) is 0 Å². The SMILES string of the molecule is Cc1cc(OCc2ncccc2F)c2nc(C)c(C(=O)NC(CC(F)(F)F)C(=O)O)n2c1. The number of fused-ring (bicyclic) bond motifs is 1. The van der Waals surface area contributed by atoms with Crippen molar-refractivity contribution in [3.8, 4) is 5.75 Å². The lowest BCUT2D eigenvalue weighted by Crippen LogP contribution is -2.44. The number of aryl methyl sites for hydroxylation is 2. The van der Waals surface area contributed by atoms with Gasteiger partial charge in [-0.2, -0.15) is 13.2 Å². The number of ether oxygens (including phenoxy) is 1. The van der Waals surface area contributed by atoms with Crippen LogP contribution in [-0.4, -0.2) is 43.6 Å². The van der Waals surface area contributed by atoms with Crippen molar-refractivity contribution in [2.75, 3.05) is 0 Å². The Hall–Kier alpha value is -3.70. The third-order valence-electron chi connectivity index (χ3n) is 4.45. The highest BCUT2D eigenvalue weighted by molar-refractivity contribution is 5.97. The number of carbonyl (C=O) groups excluding carboxylic acids is 1. The highest BCUT2D eigenvalue weighted by Crippen LogP contribution is 2.26. The monoisotopic (exact) mass is 454 g/mol. The lowest BCUT2D eigenvalue weighted by atomic mass is 10.2. The minimum Gasteiger partial charge on any atom is -0.483 e. The summed E-state index contributed by atoms with van der Waals surface area (Å²) in [7, 11) is 0. The van der Waals surface area contributed by atoms with Crippen molar-refractivity contribution in [1.29, 1.82) is 0 Å². The van der Waals surface area contributed by atoms with Crippen LogP contribution in [0.2, 0.25) is 0 Å². The third kappa shape index (κ3) is 5.13. The number of alkyl halides is 3. The van der Waals surface area contributed by atoms with Gasteiger partial charge in [0, 0.05) is 12.4 Å². The number of halogens is 4. The van der Waals surface area contributed by atoms with Crippen molar-refractivity contribution in [1.82, 2.24) is 19.7 Å². The molecule has 3 heterocycles. The first kappa shape index (κ1) is 23.0. The molecule has 3 rings (SSSR count). The van der Waals surface area contributed by atoms with Gasteiger partial charge in [0.05, 0.1) is 12.1 Å². The Labute approximate surface area is 178 Å². The number of aliphatic carboxylic acids is 1. The van der Waals surface area contributed by atoms with E-state index in [0.29, 0.717) is 5.56 Å². The normalized spacial score (nSPS) is 12.6. The summed E-state index contributed by atoms with van der Waals surface area (Å²) in [6.07, 6.45) is -3.62. The molecule has 170 valence electrons. The van der Waals surface area contributed by atoms with E-state index in [4.69, 9.17) is 9.84 Å². The number of amides is 1. The summed E-state index contributed by atoms with van der Waals surface area (Å²) in [6.45, 7) is 2.89. The zero-order valence-electron chi connectivity index (χ0n) is 16.9. The Bertz CT molecular complexity index is 1180. The van der Waals surface area contributed by atoms with Crippen LogP contribution in [0.4, 0.5) is 17.6 Å². The van der Waals surface area contributed by atoms with Crippen LogP contribution in [0.1, 0.15) is 33.9 Å². The summed E-state index contributed by atoms with van der Waals surface area (Å²) in [4.78, 5) is 32.0. The number of pyridine rings is 2. The molecular weight excluding hydrogens is 436 g/mol. The minimum absolute atomic E-state index is 0.0462. The molecule has 12 heteroatoms. The summed E-state index contributed by atoms with van der Waals surface area (Å²) in [5.41, 5.74) is 0.789. The largest absolute Gasteiger partial charge is 0.483 e. The Morgan fingerprint density at radius 2 is 2.03 bits per heavy atom. The smallest absolute Gasteiger partial charge is 0.391 e. The fourth-order valence-corrected chi connectivity index (χ4v) is 3.07. The van der Waals surface area contributed by atoms with Crippen LogP contribution in [0.5, 0.6) is 5.75 Å². The molecule has 0 aliphatic heterocycles. The van der Waals surface area contributed by atoms with Gasteiger partial charge in [0.1, 0.15) is 29.9 Å². The molecule has 0 radical (unpaired) electrons. The summed E-state index contributed by atoms with van der Waals surface area (Å²) < 4.78 is 58.8. The molecule has 2 N–H and O–H groups in total. The molecule has 1 atom stereocenters. The standard InChI is InChI=1S/C20H18F4N4O4/c1-10-6-15(32-9-14-12(21)4-3-5-25-14)17-26-11(2)16(28(17)8-10)18(29)27-13(19(30)31)7-20(22,23)24/h3-6,8,13H,7,9H2,1-2H3,(H,27,29)(H,30,31). The van der Waals surface area contributed by atoms with Crippen LogP contribution >= 0.6 is 0 Å². The number of nitrogens with zero attached hydrogens (tertiary/aromatic N) is 3. The van der Waals surface area contributed by atoms with Crippen molar-refractivity contribution >= 4 is 17.5 Å². The Balaban J connectivity index is 1.93. The third-order valence-corrected chi connectivity index (χ3v) is 4.45. The molecule has 0 aromatic carbocycles. The predicted octanol–water partition coefficient (Wildman–Crippen LogP) is 3.20. The van der Waals surface area contributed by atoms with Crippen LogP contribution in [0.3, 0.4) is 0 Å². The van der Waals surface area contributed by atoms with Crippen molar-refractivity contribution in [3.05, 3.63) is 59.1 Å². The second kappa shape index (κ2) is 8.81. The molecular formula is C20H18F4N4O4. The van der Waals surface area contributed by atoms with E-state index < -0.39 is 36.3 Å². The van der Waals surface area contributed by atoms with Gasteiger partial charge < -0.3 is 15.2 Å². The second-order valence-electron chi connectivity index (χ2n) is 7.03. The van der Waals surface area contributed by atoms with Crippen LogP contribution in [0.25, 0.3) is 5.65 Å². The second-order valence-corrected chi connectivity index (χ2v) is 7.03. The number of carboxylic acids is 1. The number of aromatic nitrogens is 3. The highest BCUT2D eigenvalue weighted by Gasteiger charge is 2.37. The lowest BCUT2D eigenvalue weighted by Gasteiger charge is -2.16. The van der Waals surface area contributed by atoms with E-state index in [1.54, 1.807) is 13.0 Å². The topological polar surface area (TPSA) is 106 Å². The Kier molecular flexibility index (Phi) is 6.32. The van der Waals surface area contributed by atoms with E-state index in [-0.39, 0.29) is 35.1 Å². The lowest BCUT2D eigenvalue weighted by molar-refractivity contribution is -0.157. The number of carbonyl (C=O) groups is 2. The number of imidazole rings is 1. The van der Waals surface area contributed by atoms with Gasteiger partial charge in [-0.05, 0) is 37.6 Å². The van der Waals surface area contributed by atoms with Gasteiger partial charge in [-0.1, -0.05) is 0 Å². The summed E-state index contributed by atoms with van der Waals surface area (Å²) in [5, 5.41) is 11.0. The molecule has 0 fully saturated rings. The maximum Gasteiger partial charge on any atom is 0.391 e. The summed E-state index contributed by atoms with van der Waals surface area (Å²) in [5.74, 6) is -3.25. The summed E-state index contributed by atoms with van der Waals surface area (Å²) in [6, 6.07) is 2.07. The highest BCUT2D eigenvalue weighted by atomic mass is 19.4. The number of rotatable bonds is 7. The van der Waals surface area contributed by atoms with Gasteiger partial charge >= 0.3 is 12.1 Å². The van der Waals surface area contributed by atoms with E-state index in [1.165, 1.54) is 35.9 Å². The van der Waals surface area contributed by atoms with Crippen molar-refractivity contribution in [3.63, 3.8) is 0 Å². The molecule has 0 spiro atoms. The fourth-order valence-electron chi connectivity index (χ4n) is 3.07. The first-order valence-electron chi connectivity index (χ1n) is 9.28. The van der Waals surface area contributed by atoms with E-state index in [9.17, 15) is 27.2 Å². The maximum absolute atomic E-state index is 13.8. The zero-order chi connectivity index (χ0) is 23.6. The van der Waals surface area contributed by atoms with Gasteiger partial charge in [0.15, 0.2) is 11.4 Å². The predicted molar refractivity (Wildman–Crippen MR) is 103 cm³/mol. The number of nitrogens with one attached hydrogen (secondary N) is 1. The van der Waals surface area contributed by atoms with Gasteiger partial charge in [-0.25, -0.2) is 14.2 Å². The van der Waals surface area contributed by atoms with Gasteiger partial charge in [0.2, 0.25) is 0 Å². The van der Waals surface area contributed by atoms with E-state index in [1.807, 2.05) is 5.32 Å². The molecule has 0 saturated carbocycles. The molecule has 3 aromatic rings. The number of hydrogen-bond acceptors (Lipinski definition) is 5. The first-order valence-corrected chi connectivity index (χ1v) is 9.28. The summed E-state index contributed by atoms with van der Waals surface area (Å²) >= 11 is 0. The van der Waals surface area contributed by atoms with Crippen molar-refractivity contribution in [2.24, 2.45) is 0 Å². The number of carboxylic acid groups (broad SMARTS) is 1. The van der Waals surface area contributed by atoms with Crippen LogP contribution in [0.15, 0.2) is 30.6 Å². The fraction of sp³-hybridized carbons (Fsp3) is 0.300. The van der Waals surface area contributed by atoms with E-state index in [0.717, 1.165) is 0 Å². The molecule has 1 amide bonds. The molecule has 0 bridgehead atoms. The molecule has 3 aromatic heterocycles. The van der Waals surface area contributed by atoms with Gasteiger partial charge in [-0.3, -0.25) is 14.2 Å². The molecule has 32 heavy (non-hydrogen) atoms.